The van der Waals surface area contributed by atoms with Gasteiger partial charge in [-0.2, -0.15) is 0 Å². The lowest BCUT2D eigenvalue weighted by atomic mass is 9.88. The van der Waals surface area contributed by atoms with Crippen molar-refractivity contribution in [1.82, 2.24) is 4.90 Å². The Hall–Kier alpha value is -1.92. The zero-order valence-electron chi connectivity index (χ0n) is 16.5. The van der Waals surface area contributed by atoms with E-state index in [0.717, 1.165) is 11.3 Å². The van der Waals surface area contributed by atoms with E-state index in [9.17, 15) is 9.59 Å². The number of benzene rings is 2. The molecule has 0 unspecified atom stereocenters. The number of rotatable bonds is 5. The number of carbonyl (C=O) groups is 2. The summed E-state index contributed by atoms with van der Waals surface area (Å²) >= 11 is 3.94. The van der Waals surface area contributed by atoms with Crippen molar-refractivity contribution < 1.29 is 14.3 Å². The Morgan fingerprint density at radius 1 is 0.897 bits per heavy atom. The number of likely N-dealkylation sites (tertiary alicyclic amines) is 1. The number of nitrogens with zero attached hydrogens (tertiary/aromatic N) is 1. The minimum Gasteiger partial charge on any atom is -0.497 e. The monoisotopic (exact) mass is 427 g/mol. The number of hydrogen-bond acceptors (Lipinski definition) is 5. The van der Waals surface area contributed by atoms with Crippen molar-refractivity contribution in [1.29, 1.82) is 0 Å². The van der Waals surface area contributed by atoms with E-state index in [1.165, 1.54) is 17.1 Å². The lowest BCUT2D eigenvalue weighted by molar-refractivity contribution is 0.0650. The number of methoxy groups -OCH3 is 1. The summed E-state index contributed by atoms with van der Waals surface area (Å²) in [5, 5.41) is 0. The number of ether oxygens (including phenoxy) is 1. The minimum absolute atomic E-state index is 0.0220. The number of thioether (sulfide) groups is 2. The predicted molar refractivity (Wildman–Crippen MR) is 120 cm³/mol. The fourth-order valence-electron chi connectivity index (χ4n) is 3.85. The smallest absolute Gasteiger partial charge is 0.253 e. The van der Waals surface area contributed by atoms with E-state index in [2.05, 4.69) is 12.1 Å². The van der Waals surface area contributed by atoms with Crippen LogP contribution in [0.2, 0.25) is 0 Å². The van der Waals surface area contributed by atoms with Gasteiger partial charge in [-0.3, -0.25) is 9.59 Å². The zero-order chi connectivity index (χ0) is 20.2. The summed E-state index contributed by atoms with van der Waals surface area (Å²) in [7, 11) is 1.61. The maximum Gasteiger partial charge on any atom is 0.253 e. The highest BCUT2D eigenvalue weighted by Gasteiger charge is 2.28. The molecular formula is C23H25NO3S2. The highest BCUT2D eigenvalue weighted by Crippen LogP contribution is 2.45. The molecule has 0 atom stereocenters. The highest BCUT2D eigenvalue weighted by atomic mass is 32.2. The van der Waals surface area contributed by atoms with Crippen LogP contribution in [0.25, 0.3) is 0 Å². The average Bonchev–Trinajstić information content (AvgIpc) is 3.33. The summed E-state index contributed by atoms with van der Waals surface area (Å²) in [5.74, 6) is 3.35. The molecule has 152 valence electrons. The standard InChI is InChI=1S/C23H25NO3S2/c1-27-20-8-6-16(7-9-20)21(25)17-10-12-24(13-11-17)22(26)18-2-4-19(5-3-18)23-28-14-15-29-23/h2-9,17,23H,10-15H2,1H3. The van der Waals surface area contributed by atoms with Crippen LogP contribution in [0.3, 0.4) is 0 Å². The van der Waals surface area contributed by atoms with Gasteiger partial charge in [0.1, 0.15) is 5.75 Å². The van der Waals surface area contributed by atoms with Crippen molar-refractivity contribution in [2.24, 2.45) is 5.92 Å². The maximum absolute atomic E-state index is 12.9. The largest absolute Gasteiger partial charge is 0.497 e. The minimum atomic E-state index is -0.0220. The molecule has 2 aliphatic heterocycles. The average molecular weight is 428 g/mol. The van der Waals surface area contributed by atoms with Crippen LogP contribution in [0.1, 0.15) is 43.7 Å². The second-order valence-corrected chi connectivity index (χ2v) is 10.1. The van der Waals surface area contributed by atoms with E-state index < -0.39 is 0 Å². The third-order valence-corrected chi connectivity index (χ3v) is 8.68. The first kappa shape index (κ1) is 20.4. The molecule has 2 saturated heterocycles. The number of carbonyl (C=O) groups excluding carboxylic acids is 2. The number of ketones is 1. The summed E-state index contributed by atoms with van der Waals surface area (Å²) in [6.07, 6.45) is 1.42. The Bertz CT molecular complexity index is 853. The molecule has 0 bridgehead atoms. The fraction of sp³-hybridized carbons (Fsp3) is 0.391. The van der Waals surface area contributed by atoms with Gasteiger partial charge in [0, 0.05) is 41.6 Å². The van der Waals surface area contributed by atoms with Crippen LogP contribution in [0, 0.1) is 5.92 Å². The summed E-state index contributed by atoms with van der Waals surface area (Å²) < 4.78 is 5.65. The predicted octanol–water partition coefficient (Wildman–Crippen LogP) is 4.91. The van der Waals surface area contributed by atoms with Gasteiger partial charge >= 0.3 is 0 Å². The Balaban J connectivity index is 1.33. The highest BCUT2D eigenvalue weighted by molar-refractivity contribution is 8.19. The Kier molecular flexibility index (Phi) is 6.50. The van der Waals surface area contributed by atoms with E-state index in [1.807, 2.05) is 64.8 Å². The van der Waals surface area contributed by atoms with Gasteiger partial charge in [0.05, 0.1) is 11.7 Å². The number of Topliss-reactive ketones (excluding diaryl/α,β-unsaturated/α-hetero) is 1. The van der Waals surface area contributed by atoms with Gasteiger partial charge in [0.15, 0.2) is 5.78 Å². The van der Waals surface area contributed by atoms with Crippen LogP contribution < -0.4 is 4.74 Å². The molecule has 2 fully saturated rings. The van der Waals surface area contributed by atoms with E-state index in [0.29, 0.717) is 36.1 Å². The van der Waals surface area contributed by atoms with Crippen molar-refractivity contribution in [3.05, 3.63) is 65.2 Å². The molecule has 1 amide bonds. The molecule has 0 N–H and O–H groups in total. The Morgan fingerprint density at radius 3 is 2.07 bits per heavy atom. The van der Waals surface area contributed by atoms with Crippen LogP contribution in [0.5, 0.6) is 5.75 Å². The second kappa shape index (κ2) is 9.26. The quantitative estimate of drug-likeness (QED) is 0.635. The van der Waals surface area contributed by atoms with Gasteiger partial charge in [-0.25, -0.2) is 0 Å². The van der Waals surface area contributed by atoms with Crippen LogP contribution in [-0.4, -0.2) is 48.3 Å². The summed E-state index contributed by atoms with van der Waals surface area (Å²) in [6, 6.07) is 15.3. The topological polar surface area (TPSA) is 46.6 Å². The Morgan fingerprint density at radius 2 is 1.48 bits per heavy atom. The number of hydrogen-bond donors (Lipinski definition) is 0. The first-order valence-electron chi connectivity index (χ1n) is 9.96. The molecule has 0 radical (unpaired) electrons. The molecule has 0 saturated carbocycles. The second-order valence-electron chi connectivity index (χ2n) is 7.35. The molecule has 4 nitrogen and oxygen atoms in total. The Labute approximate surface area is 180 Å². The first-order valence-corrected chi connectivity index (χ1v) is 12.1. The van der Waals surface area contributed by atoms with Crippen LogP contribution >= 0.6 is 23.5 Å². The zero-order valence-corrected chi connectivity index (χ0v) is 18.1. The van der Waals surface area contributed by atoms with Gasteiger partial charge in [-0.05, 0) is 54.8 Å². The molecule has 6 heteroatoms. The lowest BCUT2D eigenvalue weighted by Crippen LogP contribution is -2.40. The van der Waals surface area contributed by atoms with E-state index in [1.54, 1.807) is 7.11 Å². The molecule has 29 heavy (non-hydrogen) atoms. The summed E-state index contributed by atoms with van der Waals surface area (Å²) in [5.41, 5.74) is 2.74. The number of piperidine rings is 1. The van der Waals surface area contributed by atoms with Crippen molar-refractivity contribution in [2.75, 3.05) is 31.7 Å². The summed E-state index contributed by atoms with van der Waals surface area (Å²) in [6.45, 7) is 1.25. The van der Waals surface area contributed by atoms with Gasteiger partial charge in [0.25, 0.3) is 5.91 Å². The van der Waals surface area contributed by atoms with Crippen molar-refractivity contribution >= 4 is 35.2 Å². The molecule has 2 aromatic carbocycles. The van der Waals surface area contributed by atoms with E-state index >= 15 is 0 Å². The van der Waals surface area contributed by atoms with Crippen molar-refractivity contribution in [2.45, 2.75) is 17.4 Å². The molecule has 4 rings (SSSR count). The molecule has 0 aromatic heterocycles. The number of amides is 1. The van der Waals surface area contributed by atoms with Gasteiger partial charge in [-0.1, -0.05) is 12.1 Å². The van der Waals surface area contributed by atoms with Crippen molar-refractivity contribution in [3.8, 4) is 5.75 Å². The fourth-order valence-corrected chi connectivity index (χ4v) is 6.71. The molecule has 0 spiro atoms. The van der Waals surface area contributed by atoms with Gasteiger partial charge < -0.3 is 9.64 Å². The third kappa shape index (κ3) is 4.64. The molecule has 2 aliphatic rings. The van der Waals surface area contributed by atoms with Crippen LogP contribution in [-0.2, 0) is 0 Å². The lowest BCUT2D eigenvalue weighted by Gasteiger charge is -2.31. The normalized spacial score (nSPS) is 18.0. The van der Waals surface area contributed by atoms with E-state index in [-0.39, 0.29) is 17.6 Å². The summed E-state index contributed by atoms with van der Waals surface area (Å²) in [4.78, 5) is 27.5. The van der Waals surface area contributed by atoms with Gasteiger partial charge in [0.2, 0.25) is 0 Å². The van der Waals surface area contributed by atoms with Gasteiger partial charge in [-0.15, -0.1) is 23.5 Å². The maximum atomic E-state index is 12.9. The SMILES string of the molecule is COc1ccc(C(=O)C2CCN(C(=O)c3ccc(C4SCCS4)cc3)CC2)cc1. The molecule has 2 heterocycles. The first-order chi connectivity index (χ1) is 14.2. The third-order valence-electron chi connectivity index (χ3n) is 5.58. The molecule has 2 aromatic rings. The van der Waals surface area contributed by atoms with Crippen molar-refractivity contribution in [3.63, 3.8) is 0 Å². The molecular weight excluding hydrogens is 402 g/mol. The van der Waals surface area contributed by atoms with E-state index in [4.69, 9.17) is 4.74 Å². The van der Waals surface area contributed by atoms with Crippen LogP contribution in [0.15, 0.2) is 48.5 Å². The van der Waals surface area contributed by atoms with Crippen LogP contribution in [0.4, 0.5) is 0 Å². The molecule has 0 aliphatic carbocycles.